The molecule has 6 heteroatoms. The number of alkyl carbamates (subject to hydrolysis) is 1. The second-order valence-corrected chi connectivity index (χ2v) is 5.33. The Morgan fingerprint density at radius 2 is 1.95 bits per heavy atom. The number of carboxylic acids is 1. The highest BCUT2D eigenvalue weighted by Gasteiger charge is 2.22. The normalized spacial score (nSPS) is 12.6. The van der Waals surface area contributed by atoms with Crippen LogP contribution in [-0.4, -0.2) is 22.8 Å². The average molecular weight is 280 g/mol. The molecule has 1 amide bonds. The van der Waals surface area contributed by atoms with Gasteiger partial charge in [0.05, 0.1) is 6.04 Å². The Hall–Kier alpha value is -2.24. The largest absolute Gasteiger partial charge is 0.550 e. The van der Waals surface area contributed by atoms with Crippen LogP contribution < -0.4 is 10.4 Å². The number of nitrogens with one attached hydrogen (secondary N) is 1. The van der Waals surface area contributed by atoms with E-state index < -0.39 is 30.1 Å². The van der Waals surface area contributed by atoms with E-state index >= 15 is 0 Å². The van der Waals surface area contributed by atoms with Gasteiger partial charge in [-0.2, -0.15) is 0 Å². The molecule has 6 nitrogen and oxygen atoms in total. The van der Waals surface area contributed by atoms with Crippen molar-refractivity contribution < 1.29 is 24.5 Å². The topological polar surface area (TPSA) is 98.7 Å². The van der Waals surface area contributed by atoms with Gasteiger partial charge in [-0.1, -0.05) is 18.2 Å². The number of amides is 1. The lowest BCUT2D eigenvalue weighted by Gasteiger charge is -2.24. The first-order chi connectivity index (χ1) is 9.19. The molecule has 0 unspecified atom stereocenters. The fraction of sp³-hybridized carbons (Fsp3) is 0.429. The van der Waals surface area contributed by atoms with E-state index in [-0.39, 0.29) is 5.75 Å². The standard InChI is InChI=1S/C14H19NO5/c1-14(2,3)20-13(19)15-10(8-12(17)18)9-6-4-5-7-11(9)16/h4-7,10,16H,8H2,1-3H3,(H,15,19)(H,17,18)/p-1/t10-/m0/s1. The highest BCUT2D eigenvalue weighted by Crippen LogP contribution is 2.26. The van der Waals surface area contributed by atoms with Gasteiger partial charge in [-0.15, -0.1) is 0 Å². The number of hydrogen-bond acceptors (Lipinski definition) is 5. The van der Waals surface area contributed by atoms with E-state index in [9.17, 15) is 19.8 Å². The van der Waals surface area contributed by atoms with Crippen LogP contribution in [0.2, 0.25) is 0 Å². The fourth-order valence-corrected chi connectivity index (χ4v) is 1.64. The number of phenolic OH excluding ortho intramolecular Hbond substituents is 1. The molecule has 0 aliphatic rings. The maximum Gasteiger partial charge on any atom is 0.408 e. The van der Waals surface area contributed by atoms with E-state index in [0.717, 1.165) is 0 Å². The molecule has 1 rings (SSSR count). The van der Waals surface area contributed by atoms with Gasteiger partial charge in [0.15, 0.2) is 0 Å². The average Bonchev–Trinajstić information content (AvgIpc) is 2.25. The Labute approximate surface area is 117 Å². The molecule has 0 saturated carbocycles. The third-order valence-corrected chi connectivity index (χ3v) is 2.37. The lowest BCUT2D eigenvalue weighted by Crippen LogP contribution is -2.37. The molecule has 1 aromatic carbocycles. The van der Waals surface area contributed by atoms with Crippen LogP contribution in [0.15, 0.2) is 24.3 Å². The Kier molecular flexibility index (Phi) is 4.96. The molecule has 0 radical (unpaired) electrons. The number of carbonyl (C=O) groups is 2. The lowest BCUT2D eigenvalue weighted by atomic mass is 10.0. The lowest BCUT2D eigenvalue weighted by molar-refractivity contribution is -0.306. The third kappa shape index (κ3) is 5.17. The van der Waals surface area contributed by atoms with Crippen LogP contribution in [0.3, 0.4) is 0 Å². The van der Waals surface area contributed by atoms with E-state index in [4.69, 9.17) is 4.74 Å². The molecule has 20 heavy (non-hydrogen) atoms. The van der Waals surface area contributed by atoms with Crippen molar-refractivity contribution in [3.63, 3.8) is 0 Å². The Bertz CT molecular complexity index is 493. The van der Waals surface area contributed by atoms with Crippen molar-refractivity contribution in [1.29, 1.82) is 0 Å². The first-order valence-corrected chi connectivity index (χ1v) is 6.16. The van der Waals surface area contributed by atoms with Crippen LogP contribution in [0, 0.1) is 0 Å². The molecule has 110 valence electrons. The quantitative estimate of drug-likeness (QED) is 0.860. The Morgan fingerprint density at radius 1 is 1.35 bits per heavy atom. The van der Waals surface area contributed by atoms with Gasteiger partial charge in [-0.05, 0) is 26.8 Å². The van der Waals surface area contributed by atoms with Crippen LogP contribution in [-0.2, 0) is 9.53 Å². The Balaban J connectivity index is 2.88. The minimum absolute atomic E-state index is 0.102. The summed E-state index contributed by atoms with van der Waals surface area (Å²) in [6, 6.07) is 5.25. The van der Waals surface area contributed by atoms with Crippen molar-refractivity contribution in [2.24, 2.45) is 0 Å². The van der Waals surface area contributed by atoms with Gasteiger partial charge in [0.1, 0.15) is 11.4 Å². The summed E-state index contributed by atoms with van der Waals surface area (Å²) in [5, 5.41) is 22.9. The molecule has 2 N–H and O–H groups in total. The Morgan fingerprint density at radius 3 is 2.45 bits per heavy atom. The summed E-state index contributed by atoms with van der Waals surface area (Å²) in [6.45, 7) is 5.08. The van der Waals surface area contributed by atoms with Crippen LogP contribution in [0.5, 0.6) is 5.75 Å². The number of aliphatic carboxylic acids is 1. The van der Waals surface area contributed by atoms with Crippen LogP contribution in [0.1, 0.15) is 38.8 Å². The number of benzene rings is 1. The molecule has 0 fully saturated rings. The van der Waals surface area contributed by atoms with Gasteiger partial charge in [-0.25, -0.2) is 4.79 Å². The van der Waals surface area contributed by atoms with Crippen molar-refractivity contribution in [2.45, 2.75) is 38.8 Å². The van der Waals surface area contributed by atoms with Crippen molar-refractivity contribution in [3.05, 3.63) is 29.8 Å². The molecule has 0 aliphatic carbocycles. The zero-order valence-electron chi connectivity index (χ0n) is 11.7. The SMILES string of the molecule is CC(C)(C)OC(=O)N[C@@H](CC(=O)[O-])c1ccccc1O. The van der Waals surface area contributed by atoms with Gasteiger partial charge in [0.2, 0.25) is 0 Å². The first-order valence-electron chi connectivity index (χ1n) is 6.16. The van der Waals surface area contributed by atoms with E-state index in [1.807, 2.05) is 0 Å². The monoisotopic (exact) mass is 280 g/mol. The van der Waals surface area contributed by atoms with E-state index in [0.29, 0.717) is 5.56 Å². The van der Waals surface area contributed by atoms with Crippen molar-refractivity contribution in [2.75, 3.05) is 0 Å². The van der Waals surface area contributed by atoms with Crippen molar-refractivity contribution in [1.82, 2.24) is 5.32 Å². The van der Waals surface area contributed by atoms with Gasteiger partial charge in [-0.3, -0.25) is 0 Å². The van der Waals surface area contributed by atoms with Crippen LogP contribution in [0.4, 0.5) is 4.79 Å². The molecular formula is C14H18NO5-. The van der Waals surface area contributed by atoms with Gasteiger partial charge in [0.25, 0.3) is 0 Å². The predicted octanol–water partition coefficient (Wildman–Crippen LogP) is 1.10. The maximum absolute atomic E-state index is 11.7. The maximum atomic E-state index is 11.7. The zero-order valence-corrected chi connectivity index (χ0v) is 11.7. The van der Waals surface area contributed by atoms with Gasteiger partial charge >= 0.3 is 6.09 Å². The molecule has 1 aromatic rings. The number of rotatable bonds is 4. The molecule has 1 atom stereocenters. The number of phenols is 1. The van der Waals surface area contributed by atoms with Crippen LogP contribution >= 0.6 is 0 Å². The molecule has 0 heterocycles. The van der Waals surface area contributed by atoms with Crippen molar-refractivity contribution >= 4 is 12.1 Å². The number of para-hydroxylation sites is 1. The van der Waals surface area contributed by atoms with Gasteiger partial charge < -0.3 is 25.1 Å². The molecule has 0 saturated heterocycles. The molecule has 0 spiro atoms. The van der Waals surface area contributed by atoms with Gasteiger partial charge in [0, 0.05) is 18.0 Å². The number of carboxylic acid groups (broad SMARTS) is 1. The molecule has 0 aromatic heterocycles. The summed E-state index contributed by atoms with van der Waals surface area (Å²) < 4.78 is 5.07. The summed E-state index contributed by atoms with van der Waals surface area (Å²) >= 11 is 0. The number of ether oxygens (including phenoxy) is 1. The fourth-order valence-electron chi connectivity index (χ4n) is 1.64. The van der Waals surface area contributed by atoms with E-state index in [1.54, 1.807) is 32.9 Å². The van der Waals surface area contributed by atoms with E-state index in [1.165, 1.54) is 12.1 Å². The number of carbonyl (C=O) groups excluding carboxylic acids is 2. The molecular weight excluding hydrogens is 262 g/mol. The third-order valence-electron chi connectivity index (χ3n) is 2.37. The summed E-state index contributed by atoms with van der Waals surface area (Å²) in [5.74, 6) is -1.44. The van der Waals surface area contributed by atoms with Crippen molar-refractivity contribution in [3.8, 4) is 5.75 Å². The minimum atomic E-state index is -1.34. The number of hydrogen-bond donors (Lipinski definition) is 2. The summed E-state index contributed by atoms with van der Waals surface area (Å²) in [5.41, 5.74) is -0.406. The highest BCUT2D eigenvalue weighted by atomic mass is 16.6. The predicted molar refractivity (Wildman–Crippen MR) is 69.8 cm³/mol. The van der Waals surface area contributed by atoms with Crippen LogP contribution in [0.25, 0.3) is 0 Å². The highest BCUT2D eigenvalue weighted by molar-refractivity contribution is 5.71. The summed E-state index contributed by atoms with van der Waals surface area (Å²) in [4.78, 5) is 22.5. The second-order valence-electron chi connectivity index (χ2n) is 5.33. The molecule has 0 bridgehead atoms. The first kappa shape index (κ1) is 15.8. The second kappa shape index (κ2) is 6.27. The minimum Gasteiger partial charge on any atom is -0.550 e. The van der Waals surface area contributed by atoms with E-state index in [2.05, 4.69) is 5.32 Å². The molecule has 0 aliphatic heterocycles. The summed E-state index contributed by atoms with van der Waals surface area (Å²) in [6.07, 6.45) is -1.22. The number of aromatic hydroxyl groups is 1. The summed E-state index contributed by atoms with van der Waals surface area (Å²) in [7, 11) is 0. The zero-order chi connectivity index (χ0) is 15.3. The smallest absolute Gasteiger partial charge is 0.408 e.